The number of fused-ring (bicyclic) bond motifs is 1. The Balaban J connectivity index is 1.60. The molecular weight excluding hydrogens is 353 g/mol. The molecule has 132 valence electrons. The topological polar surface area (TPSA) is 66.1 Å². The summed E-state index contributed by atoms with van der Waals surface area (Å²) in [5, 5.41) is 1.95. The second-order valence-electron chi connectivity index (χ2n) is 6.17. The maximum Gasteiger partial charge on any atom is 0.254 e. The molecule has 5 nitrogen and oxygen atoms in total. The molecule has 3 heterocycles. The van der Waals surface area contributed by atoms with Gasteiger partial charge in [-0.2, -0.15) is 0 Å². The van der Waals surface area contributed by atoms with Gasteiger partial charge in [0.2, 0.25) is 5.91 Å². The summed E-state index contributed by atoms with van der Waals surface area (Å²) < 4.78 is 13.1. The fourth-order valence-corrected chi connectivity index (χ4v) is 3.77. The Morgan fingerprint density at radius 3 is 2.81 bits per heavy atom. The van der Waals surface area contributed by atoms with Crippen LogP contribution in [0.3, 0.4) is 0 Å². The Labute approximate surface area is 153 Å². The van der Waals surface area contributed by atoms with Crippen molar-refractivity contribution in [3.63, 3.8) is 0 Å². The highest BCUT2D eigenvalue weighted by Crippen LogP contribution is 2.20. The molecule has 1 aromatic carbocycles. The molecule has 4 rings (SSSR count). The van der Waals surface area contributed by atoms with Gasteiger partial charge in [0.1, 0.15) is 11.6 Å². The Morgan fingerprint density at radius 1 is 1.27 bits per heavy atom. The molecule has 0 unspecified atom stereocenters. The number of hydrogen-bond donors (Lipinski definition) is 1. The molecule has 0 spiro atoms. The van der Waals surface area contributed by atoms with Gasteiger partial charge < -0.3 is 9.88 Å². The zero-order chi connectivity index (χ0) is 18.1. The molecule has 0 saturated carbocycles. The Hall–Kier alpha value is -2.80. The van der Waals surface area contributed by atoms with E-state index in [4.69, 9.17) is 0 Å². The summed E-state index contributed by atoms with van der Waals surface area (Å²) >= 11 is 1.56. The number of hydrogen-bond acceptors (Lipinski definition) is 4. The van der Waals surface area contributed by atoms with E-state index in [0.717, 1.165) is 4.88 Å². The van der Waals surface area contributed by atoms with E-state index < -0.39 is 0 Å². The van der Waals surface area contributed by atoms with E-state index in [1.807, 2.05) is 17.5 Å². The van der Waals surface area contributed by atoms with Crippen LogP contribution in [0, 0.1) is 5.82 Å². The third-order valence-electron chi connectivity index (χ3n) is 4.45. The number of rotatable bonds is 3. The van der Waals surface area contributed by atoms with Crippen LogP contribution in [0.2, 0.25) is 0 Å². The van der Waals surface area contributed by atoms with Crippen LogP contribution in [0.1, 0.15) is 16.1 Å². The van der Waals surface area contributed by atoms with E-state index in [1.165, 1.54) is 12.1 Å². The van der Waals surface area contributed by atoms with E-state index >= 15 is 0 Å². The predicted octanol–water partition coefficient (Wildman–Crippen LogP) is 2.76. The zero-order valence-corrected chi connectivity index (χ0v) is 14.7. The van der Waals surface area contributed by atoms with Crippen LogP contribution in [-0.2, 0) is 24.2 Å². The molecule has 1 aliphatic rings. The first-order valence-corrected chi connectivity index (χ1v) is 9.16. The molecule has 0 saturated heterocycles. The van der Waals surface area contributed by atoms with Crippen LogP contribution in [0.4, 0.5) is 4.39 Å². The van der Waals surface area contributed by atoms with Crippen LogP contribution in [0.25, 0.3) is 11.4 Å². The van der Waals surface area contributed by atoms with Gasteiger partial charge in [-0.3, -0.25) is 9.59 Å². The summed E-state index contributed by atoms with van der Waals surface area (Å²) in [6.45, 7) is 0.829. The lowest BCUT2D eigenvalue weighted by molar-refractivity contribution is -0.131. The van der Waals surface area contributed by atoms with Crippen molar-refractivity contribution in [1.82, 2.24) is 14.9 Å². The average molecular weight is 369 g/mol. The van der Waals surface area contributed by atoms with Crippen LogP contribution in [-0.4, -0.2) is 27.3 Å². The van der Waals surface area contributed by atoms with Gasteiger partial charge in [-0.1, -0.05) is 6.07 Å². The van der Waals surface area contributed by atoms with Crippen molar-refractivity contribution in [3.8, 4) is 11.4 Å². The molecule has 1 N–H and O–H groups in total. The van der Waals surface area contributed by atoms with Crippen LogP contribution in [0.15, 0.2) is 46.6 Å². The smallest absolute Gasteiger partial charge is 0.254 e. The molecule has 0 atom stereocenters. The fraction of sp³-hybridized carbons (Fsp3) is 0.211. The minimum Gasteiger partial charge on any atom is -0.336 e. The predicted molar refractivity (Wildman–Crippen MR) is 97.4 cm³/mol. The number of thiophene rings is 1. The monoisotopic (exact) mass is 369 g/mol. The van der Waals surface area contributed by atoms with Crippen molar-refractivity contribution in [2.75, 3.05) is 6.54 Å². The molecule has 0 bridgehead atoms. The normalized spacial score (nSPS) is 13.5. The number of amides is 1. The van der Waals surface area contributed by atoms with E-state index in [0.29, 0.717) is 48.6 Å². The Bertz CT molecular complexity index is 997. The SMILES string of the molecule is O=C(Cc1cccs1)N1CCc2c(nc(-c3ccc(F)cc3)[nH]c2=O)C1. The van der Waals surface area contributed by atoms with Crippen molar-refractivity contribution >= 4 is 17.2 Å². The molecule has 7 heteroatoms. The number of carbonyl (C=O) groups is 1. The second kappa shape index (κ2) is 6.84. The molecule has 26 heavy (non-hydrogen) atoms. The van der Waals surface area contributed by atoms with Crippen LogP contribution < -0.4 is 5.56 Å². The number of aromatic nitrogens is 2. The first-order chi connectivity index (χ1) is 12.6. The van der Waals surface area contributed by atoms with Crippen molar-refractivity contribution in [2.24, 2.45) is 0 Å². The highest BCUT2D eigenvalue weighted by Gasteiger charge is 2.24. The van der Waals surface area contributed by atoms with Crippen molar-refractivity contribution < 1.29 is 9.18 Å². The third kappa shape index (κ3) is 3.30. The largest absolute Gasteiger partial charge is 0.336 e. The number of nitrogens with one attached hydrogen (secondary N) is 1. The molecule has 0 fully saturated rings. The maximum absolute atomic E-state index is 13.1. The third-order valence-corrected chi connectivity index (χ3v) is 5.33. The van der Waals surface area contributed by atoms with E-state index in [-0.39, 0.29) is 17.3 Å². The lowest BCUT2D eigenvalue weighted by atomic mass is 10.1. The van der Waals surface area contributed by atoms with Gasteiger partial charge >= 0.3 is 0 Å². The molecule has 3 aromatic rings. The quantitative estimate of drug-likeness (QED) is 0.772. The number of benzene rings is 1. The Morgan fingerprint density at radius 2 is 2.08 bits per heavy atom. The van der Waals surface area contributed by atoms with Gasteiger partial charge in [-0.25, -0.2) is 9.37 Å². The highest BCUT2D eigenvalue weighted by atomic mass is 32.1. The minimum absolute atomic E-state index is 0.0310. The van der Waals surface area contributed by atoms with Crippen molar-refractivity contribution in [2.45, 2.75) is 19.4 Å². The number of nitrogens with zero attached hydrogens (tertiary/aromatic N) is 2. The van der Waals surface area contributed by atoms with E-state index in [9.17, 15) is 14.0 Å². The molecule has 1 aliphatic heterocycles. The highest BCUT2D eigenvalue weighted by molar-refractivity contribution is 7.10. The zero-order valence-electron chi connectivity index (χ0n) is 13.9. The molecule has 1 amide bonds. The van der Waals surface area contributed by atoms with Gasteiger partial charge in [0.15, 0.2) is 0 Å². The minimum atomic E-state index is -0.348. The Kier molecular flexibility index (Phi) is 4.38. The number of halogens is 1. The first kappa shape index (κ1) is 16.7. The summed E-state index contributed by atoms with van der Waals surface area (Å²) in [7, 11) is 0. The fourth-order valence-electron chi connectivity index (χ4n) is 3.07. The van der Waals surface area contributed by atoms with Crippen LogP contribution >= 0.6 is 11.3 Å². The van der Waals surface area contributed by atoms with Gasteiger partial charge in [0.05, 0.1) is 18.7 Å². The lowest BCUT2D eigenvalue weighted by Crippen LogP contribution is -2.39. The van der Waals surface area contributed by atoms with Gasteiger partial charge in [0.25, 0.3) is 5.56 Å². The van der Waals surface area contributed by atoms with Crippen LogP contribution in [0.5, 0.6) is 0 Å². The summed E-state index contributed by atoms with van der Waals surface area (Å²) in [4.78, 5) is 35.0. The maximum atomic E-state index is 13.1. The molecule has 0 aliphatic carbocycles. The summed E-state index contributed by atoms with van der Waals surface area (Å²) in [5.74, 6) is 0.0734. The van der Waals surface area contributed by atoms with Gasteiger partial charge in [-0.15, -0.1) is 11.3 Å². The van der Waals surface area contributed by atoms with Crippen molar-refractivity contribution in [3.05, 3.63) is 74.1 Å². The average Bonchev–Trinajstić information content (AvgIpc) is 3.14. The standard InChI is InChI=1S/C19H16FN3O2S/c20-13-5-3-12(4-6-13)18-21-16-11-23(8-7-15(16)19(25)22-18)17(24)10-14-2-1-9-26-14/h1-6,9H,7-8,10-11H2,(H,21,22,25). The first-order valence-electron chi connectivity index (χ1n) is 8.28. The summed E-state index contributed by atoms with van der Waals surface area (Å²) in [6, 6.07) is 9.66. The van der Waals surface area contributed by atoms with Crippen molar-refractivity contribution in [1.29, 1.82) is 0 Å². The number of aromatic amines is 1. The van der Waals surface area contributed by atoms with E-state index in [2.05, 4.69) is 9.97 Å². The molecule has 2 aromatic heterocycles. The van der Waals surface area contributed by atoms with E-state index in [1.54, 1.807) is 28.4 Å². The molecular formula is C19H16FN3O2S. The number of carbonyl (C=O) groups excluding carboxylic acids is 1. The molecule has 0 radical (unpaired) electrons. The van der Waals surface area contributed by atoms with Gasteiger partial charge in [-0.05, 0) is 42.1 Å². The van der Waals surface area contributed by atoms with Gasteiger partial charge in [0, 0.05) is 22.5 Å². The lowest BCUT2D eigenvalue weighted by Gasteiger charge is -2.27. The second-order valence-corrected chi connectivity index (χ2v) is 7.20. The summed E-state index contributed by atoms with van der Waals surface area (Å²) in [6.07, 6.45) is 0.846. The number of H-pyrrole nitrogens is 1. The summed E-state index contributed by atoms with van der Waals surface area (Å²) in [5.41, 5.74) is 1.67.